The van der Waals surface area contributed by atoms with Gasteiger partial charge in [0.2, 0.25) is 0 Å². The van der Waals surface area contributed by atoms with Gasteiger partial charge in [-0.1, -0.05) is 0 Å². The number of aromatic carboxylic acids is 1. The molecule has 0 radical (unpaired) electrons. The van der Waals surface area contributed by atoms with Crippen LogP contribution in [0, 0.1) is 5.82 Å². The predicted octanol–water partition coefficient (Wildman–Crippen LogP) is 2.03. The van der Waals surface area contributed by atoms with E-state index in [0.29, 0.717) is 13.0 Å². The van der Waals surface area contributed by atoms with E-state index in [-0.39, 0.29) is 11.3 Å². The van der Waals surface area contributed by atoms with Gasteiger partial charge in [-0.25, -0.2) is 9.18 Å². The number of benzene rings is 1. The number of hydrogen-bond acceptors (Lipinski definition) is 3. The molecule has 102 valence electrons. The highest BCUT2D eigenvalue weighted by atomic mass is 19.1. The fourth-order valence-corrected chi connectivity index (χ4v) is 1.91. The van der Waals surface area contributed by atoms with Crippen LogP contribution in [0.25, 0.3) is 0 Å². The number of hydrogen-bond donors (Lipinski definition) is 2. The van der Waals surface area contributed by atoms with Crippen molar-refractivity contribution in [3.8, 4) is 0 Å². The van der Waals surface area contributed by atoms with Crippen molar-refractivity contribution in [1.82, 2.24) is 0 Å². The Bertz CT molecular complexity index is 497. The Morgan fingerprint density at radius 2 is 2.16 bits per heavy atom. The second kappa shape index (κ2) is 5.79. The van der Waals surface area contributed by atoms with Crippen LogP contribution in [0.1, 0.15) is 29.6 Å². The van der Waals surface area contributed by atoms with E-state index >= 15 is 0 Å². The summed E-state index contributed by atoms with van der Waals surface area (Å²) in [6.45, 7) is 0.526. The Labute approximate surface area is 109 Å². The number of ether oxygens (including phenoxy) is 1. The third-order valence-corrected chi connectivity index (χ3v) is 2.95. The van der Waals surface area contributed by atoms with Crippen molar-refractivity contribution in [2.75, 3.05) is 11.9 Å². The molecule has 0 saturated carbocycles. The van der Waals surface area contributed by atoms with Crippen molar-refractivity contribution in [2.45, 2.75) is 25.4 Å². The zero-order chi connectivity index (χ0) is 13.8. The maximum atomic E-state index is 13.6. The van der Waals surface area contributed by atoms with Gasteiger partial charge in [0.15, 0.2) is 0 Å². The number of halogens is 1. The Kier molecular flexibility index (Phi) is 4.11. The molecule has 1 aromatic carbocycles. The molecule has 1 fully saturated rings. The zero-order valence-electron chi connectivity index (χ0n) is 10.2. The lowest BCUT2D eigenvalue weighted by atomic mass is 10.1. The lowest BCUT2D eigenvalue weighted by Crippen LogP contribution is -2.33. The molecule has 0 aliphatic carbocycles. The van der Waals surface area contributed by atoms with Gasteiger partial charge >= 0.3 is 5.97 Å². The molecular weight excluding hydrogens is 253 g/mol. The molecule has 0 aromatic heterocycles. The van der Waals surface area contributed by atoms with Crippen molar-refractivity contribution < 1.29 is 23.8 Å². The molecule has 1 atom stereocenters. The van der Waals surface area contributed by atoms with Gasteiger partial charge in [-0.15, -0.1) is 0 Å². The second-order valence-corrected chi connectivity index (χ2v) is 4.34. The molecule has 2 N–H and O–H groups in total. The van der Waals surface area contributed by atoms with E-state index in [1.165, 1.54) is 12.1 Å². The maximum absolute atomic E-state index is 13.6. The van der Waals surface area contributed by atoms with Gasteiger partial charge in [-0.2, -0.15) is 0 Å². The Balaban J connectivity index is 2.06. The average molecular weight is 267 g/mol. The Morgan fingerprint density at radius 3 is 2.74 bits per heavy atom. The van der Waals surface area contributed by atoms with Gasteiger partial charge in [0.05, 0.1) is 11.3 Å². The molecule has 1 aromatic rings. The van der Waals surface area contributed by atoms with E-state index in [4.69, 9.17) is 9.84 Å². The normalized spacial score (nSPS) is 18.9. The molecule has 2 rings (SSSR count). The van der Waals surface area contributed by atoms with Crippen molar-refractivity contribution in [3.05, 3.63) is 29.6 Å². The monoisotopic (exact) mass is 267 g/mol. The quantitative estimate of drug-likeness (QED) is 0.878. The molecule has 1 heterocycles. The van der Waals surface area contributed by atoms with Gasteiger partial charge in [0, 0.05) is 6.61 Å². The highest BCUT2D eigenvalue weighted by Crippen LogP contribution is 2.19. The lowest BCUT2D eigenvalue weighted by Gasteiger charge is -2.21. The highest BCUT2D eigenvalue weighted by molar-refractivity contribution is 5.95. The summed E-state index contributed by atoms with van der Waals surface area (Å²) in [6.07, 6.45) is 1.87. The lowest BCUT2D eigenvalue weighted by molar-refractivity contribution is -0.130. The predicted molar refractivity (Wildman–Crippen MR) is 65.6 cm³/mol. The summed E-state index contributed by atoms with van der Waals surface area (Å²) in [7, 11) is 0. The van der Waals surface area contributed by atoms with Crippen LogP contribution in [-0.4, -0.2) is 29.7 Å². The van der Waals surface area contributed by atoms with E-state index in [1.807, 2.05) is 0 Å². The van der Waals surface area contributed by atoms with E-state index in [1.54, 1.807) is 0 Å². The zero-order valence-corrected chi connectivity index (χ0v) is 10.2. The SMILES string of the molecule is O=C(O)c1ccc(NC(=O)[C@H]2CCCCO2)c(F)c1. The first kappa shape index (κ1) is 13.5. The third kappa shape index (κ3) is 3.29. The smallest absolute Gasteiger partial charge is 0.335 e. The van der Waals surface area contributed by atoms with Crippen LogP contribution < -0.4 is 5.32 Å². The standard InChI is InChI=1S/C13H14FNO4/c14-9-7-8(13(17)18)4-5-10(9)15-12(16)11-3-1-2-6-19-11/h4-5,7,11H,1-3,6H2,(H,15,16)(H,17,18)/t11-/m1/s1. The molecule has 19 heavy (non-hydrogen) atoms. The van der Waals surface area contributed by atoms with Gasteiger partial charge in [0.25, 0.3) is 5.91 Å². The maximum Gasteiger partial charge on any atom is 0.335 e. The summed E-state index contributed by atoms with van der Waals surface area (Å²) in [5.74, 6) is -2.39. The van der Waals surface area contributed by atoms with Crippen LogP contribution >= 0.6 is 0 Å². The number of nitrogens with one attached hydrogen (secondary N) is 1. The minimum absolute atomic E-state index is 0.0378. The first-order chi connectivity index (χ1) is 9.08. The van der Waals surface area contributed by atoms with Crippen LogP contribution in [-0.2, 0) is 9.53 Å². The number of carboxylic acids is 1. The van der Waals surface area contributed by atoms with Crippen LogP contribution in [0.4, 0.5) is 10.1 Å². The van der Waals surface area contributed by atoms with Crippen molar-refractivity contribution in [3.63, 3.8) is 0 Å². The molecule has 1 aliphatic rings. The summed E-state index contributed by atoms with van der Waals surface area (Å²) < 4.78 is 18.9. The van der Waals surface area contributed by atoms with Crippen molar-refractivity contribution in [1.29, 1.82) is 0 Å². The molecule has 5 nitrogen and oxygen atoms in total. The summed E-state index contributed by atoms with van der Waals surface area (Å²) in [4.78, 5) is 22.5. The number of rotatable bonds is 3. The largest absolute Gasteiger partial charge is 0.478 e. The first-order valence-electron chi connectivity index (χ1n) is 6.03. The fourth-order valence-electron chi connectivity index (χ4n) is 1.91. The number of anilines is 1. The van der Waals surface area contributed by atoms with Crippen LogP contribution in [0.3, 0.4) is 0 Å². The molecule has 1 amide bonds. The minimum atomic E-state index is -1.22. The topological polar surface area (TPSA) is 75.6 Å². The number of carbonyl (C=O) groups excluding carboxylic acids is 1. The van der Waals surface area contributed by atoms with Gasteiger partial charge < -0.3 is 15.2 Å². The summed E-state index contributed by atoms with van der Waals surface area (Å²) in [5, 5.41) is 11.1. The number of amides is 1. The summed E-state index contributed by atoms with van der Waals surface area (Å²) >= 11 is 0. The summed E-state index contributed by atoms with van der Waals surface area (Å²) in [6, 6.07) is 3.35. The Hall–Kier alpha value is -1.95. The first-order valence-corrected chi connectivity index (χ1v) is 6.03. The van der Waals surface area contributed by atoms with Crippen LogP contribution in [0.2, 0.25) is 0 Å². The highest BCUT2D eigenvalue weighted by Gasteiger charge is 2.22. The van der Waals surface area contributed by atoms with E-state index in [2.05, 4.69) is 5.32 Å². The number of carbonyl (C=O) groups is 2. The van der Waals surface area contributed by atoms with E-state index in [0.717, 1.165) is 18.9 Å². The molecule has 1 saturated heterocycles. The molecule has 1 aliphatic heterocycles. The molecule has 0 unspecified atom stereocenters. The Morgan fingerprint density at radius 1 is 1.37 bits per heavy atom. The van der Waals surface area contributed by atoms with Crippen molar-refractivity contribution in [2.24, 2.45) is 0 Å². The fraction of sp³-hybridized carbons (Fsp3) is 0.385. The molecule has 6 heteroatoms. The molecule has 0 bridgehead atoms. The average Bonchev–Trinajstić information content (AvgIpc) is 2.41. The second-order valence-electron chi connectivity index (χ2n) is 4.34. The van der Waals surface area contributed by atoms with Gasteiger partial charge in [-0.3, -0.25) is 4.79 Å². The van der Waals surface area contributed by atoms with Crippen molar-refractivity contribution >= 4 is 17.6 Å². The van der Waals surface area contributed by atoms with Gasteiger partial charge in [0.1, 0.15) is 11.9 Å². The summed E-state index contributed by atoms with van der Waals surface area (Å²) in [5.41, 5.74) is -0.200. The van der Waals surface area contributed by atoms with Crippen LogP contribution in [0.5, 0.6) is 0 Å². The minimum Gasteiger partial charge on any atom is -0.478 e. The molecule has 0 spiro atoms. The third-order valence-electron chi connectivity index (χ3n) is 2.95. The van der Waals surface area contributed by atoms with E-state index in [9.17, 15) is 14.0 Å². The number of carboxylic acid groups (broad SMARTS) is 1. The van der Waals surface area contributed by atoms with E-state index < -0.39 is 23.8 Å². The van der Waals surface area contributed by atoms with Gasteiger partial charge in [-0.05, 0) is 37.5 Å². The molecular formula is C13H14FNO4. The van der Waals surface area contributed by atoms with Crippen LogP contribution in [0.15, 0.2) is 18.2 Å².